The highest BCUT2D eigenvalue weighted by atomic mass is 35.5. The first kappa shape index (κ1) is 12.0. The van der Waals surface area contributed by atoms with Gasteiger partial charge in [-0.3, -0.25) is 0 Å². The number of imidazole rings is 1. The molecule has 0 aliphatic carbocycles. The van der Waals surface area contributed by atoms with Gasteiger partial charge in [0.15, 0.2) is 0 Å². The van der Waals surface area contributed by atoms with Crippen molar-refractivity contribution in [3.8, 4) is 0 Å². The van der Waals surface area contributed by atoms with Gasteiger partial charge in [-0.05, 0) is 12.1 Å². The smallest absolute Gasteiger partial charge is 0.242 e. The molecule has 2 aromatic rings. The molecule has 2 N–H and O–H groups in total. The van der Waals surface area contributed by atoms with Crippen LogP contribution in [0.2, 0.25) is 5.15 Å². The van der Waals surface area contributed by atoms with Crippen LogP contribution in [0, 0.1) is 0 Å². The maximum absolute atomic E-state index is 11.8. The molecule has 6 nitrogen and oxygen atoms in total. The van der Waals surface area contributed by atoms with Crippen LogP contribution in [-0.4, -0.2) is 23.4 Å². The van der Waals surface area contributed by atoms with Crippen LogP contribution in [0.3, 0.4) is 0 Å². The maximum Gasteiger partial charge on any atom is 0.242 e. The largest absolute Gasteiger partial charge is 0.347 e. The van der Waals surface area contributed by atoms with Gasteiger partial charge in [-0.25, -0.2) is 23.1 Å². The Morgan fingerprint density at radius 2 is 2.18 bits per heavy atom. The lowest BCUT2D eigenvalue weighted by atomic mass is 10.5. The minimum absolute atomic E-state index is 0.0634. The minimum Gasteiger partial charge on any atom is -0.347 e. The van der Waals surface area contributed by atoms with Crippen molar-refractivity contribution in [1.29, 1.82) is 0 Å². The first-order valence-corrected chi connectivity index (χ1v) is 6.53. The molecule has 90 valence electrons. The van der Waals surface area contributed by atoms with Crippen LogP contribution in [-0.2, 0) is 16.6 Å². The Balaban J connectivity index is 2.11. The van der Waals surface area contributed by atoms with E-state index in [0.29, 0.717) is 5.82 Å². The van der Waals surface area contributed by atoms with Crippen molar-refractivity contribution in [2.24, 2.45) is 0 Å². The molecule has 2 heterocycles. The van der Waals surface area contributed by atoms with E-state index in [2.05, 4.69) is 19.7 Å². The summed E-state index contributed by atoms with van der Waals surface area (Å²) in [6, 6.07) is 2.81. The van der Waals surface area contributed by atoms with Crippen LogP contribution in [0.15, 0.2) is 35.6 Å². The zero-order valence-electron chi connectivity index (χ0n) is 8.59. The quantitative estimate of drug-likeness (QED) is 0.811. The van der Waals surface area contributed by atoms with E-state index < -0.39 is 10.0 Å². The lowest BCUT2D eigenvalue weighted by molar-refractivity contribution is 0.579. The Morgan fingerprint density at radius 1 is 1.35 bits per heavy atom. The Bertz CT molecular complexity index is 580. The molecule has 0 saturated heterocycles. The standard InChI is InChI=1S/C9H9ClN4O2S/c10-8-2-1-7(5-13-8)17(15,16)14-6-9-11-3-4-12-9/h1-5,14H,6H2,(H,11,12). The van der Waals surface area contributed by atoms with Gasteiger partial charge in [0.25, 0.3) is 0 Å². The molecule has 0 aromatic carbocycles. The van der Waals surface area contributed by atoms with Crippen molar-refractivity contribution >= 4 is 21.6 Å². The molecule has 2 rings (SSSR count). The molecule has 0 bridgehead atoms. The molecular weight excluding hydrogens is 264 g/mol. The number of halogens is 1. The zero-order valence-corrected chi connectivity index (χ0v) is 10.2. The van der Waals surface area contributed by atoms with E-state index in [-0.39, 0.29) is 16.6 Å². The molecule has 17 heavy (non-hydrogen) atoms. The number of pyridine rings is 1. The third-order valence-corrected chi connectivity index (χ3v) is 3.61. The molecule has 0 unspecified atom stereocenters. The third kappa shape index (κ3) is 3.02. The fraction of sp³-hybridized carbons (Fsp3) is 0.111. The van der Waals surface area contributed by atoms with E-state index in [1.165, 1.54) is 18.3 Å². The molecule has 0 spiro atoms. The van der Waals surface area contributed by atoms with Gasteiger partial charge in [-0.1, -0.05) is 11.6 Å². The lowest BCUT2D eigenvalue weighted by Crippen LogP contribution is -2.23. The van der Waals surface area contributed by atoms with Crippen molar-refractivity contribution in [1.82, 2.24) is 19.7 Å². The number of nitrogens with one attached hydrogen (secondary N) is 2. The summed E-state index contributed by atoms with van der Waals surface area (Å²) in [5, 5.41) is 0.245. The van der Waals surface area contributed by atoms with Crippen LogP contribution in [0.4, 0.5) is 0 Å². The van der Waals surface area contributed by atoms with Crippen molar-refractivity contribution in [2.75, 3.05) is 0 Å². The SMILES string of the molecule is O=S(=O)(NCc1ncc[nH]1)c1ccc(Cl)nc1. The molecule has 0 amide bonds. The monoisotopic (exact) mass is 272 g/mol. The van der Waals surface area contributed by atoms with Gasteiger partial charge >= 0.3 is 0 Å². The number of nitrogens with zero attached hydrogens (tertiary/aromatic N) is 2. The van der Waals surface area contributed by atoms with Gasteiger partial charge in [0, 0.05) is 18.6 Å². The molecule has 0 fully saturated rings. The van der Waals surface area contributed by atoms with E-state index in [1.54, 1.807) is 12.4 Å². The number of sulfonamides is 1. The lowest BCUT2D eigenvalue weighted by Gasteiger charge is -2.04. The fourth-order valence-electron chi connectivity index (χ4n) is 1.16. The van der Waals surface area contributed by atoms with Crippen LogP contribution < -0.4 is 4.72 Å². The topological polar surface area (TPSA) is 87.7 Å². The average Bonchev–Trinajstić information content (AvgIpc) is 2.80. The summed E-state index contributed by atoms with van der Waals surface area (Å²) in [4.78, 5) is 10.5. The fourth-order valence-corrected chi connectivity index (χ4v) is 2.21. The van der Waals surface area contributed by atoms with Crippen molar-refractivity contribution < 1.29 is 8.42 Å². The number of aromatic amines is 1. The minimum atomic E-state index is -3.58. The Kier molecular flexibility index (Phi) is 3.41. The number of H-pyrrole nitrogens is 1. The summed E-state index contributed by atoms with van der Waals surface area (Å²) in [5.74, 6) is 0.537. The summed E-state index contributed by atoms with van der Waals surface area (Å²) < 4.78 is 26.0. The molecule has 8 heteroatoms. The van der Waals surface area contributed by atoms with Gasteiger partial charge in [0.1, 0.15) is 15.9 Å². The second kappa shape index (κ2) is 4.82. The molecule has 0 radical (unpaired) electrons. The predicted octanol–water partition coefficient (Wildman–Crippen LogP) is 0.937. The highest BCUT2D eigenvalue weighted by molar-refractivity contribution is 7.89. The summed E-state index contributed by atoms with van der Waals surface area (Å²) in [6.45, 7) is 0.0952. The van der Waals surface area contributed by atoms with Crippen molar-refractivity contribution in [2.45, 2.75) is 11.4 Å². The molecule has 0 aliphatic rings. The molecule has 0 saturated carbocycles. The summed E-state index contributed by atoms with van der Waals surface area (Å²) in [6.07, 6.45) is 4.37. The Hall–Kier alpha value is -1.44. The van der Waals surface area contributed by atoms with Crippen LogP contribution in [0.1, 0.15) is 5.82 Å². The van der Waals surface area contributed by atoms with Crippen LogP contribution in [0.25, 0.3) is 0 Å². The maximum atomic E-state index is 11.8. The second-order valence-corrected chi connectivity index (χ2v) is 5.33. The van der Waals surface area contributed by atoms with Gasteiger partial charge in [0.05, 0.1) is 6.54 Å². The highest BCUT2D eigenvalue weighted by Crippen LogP contribution is 2.10. The molecule has 2 aromatic heterocycles. The Morgan fingerprint density at radius 3 is 2.76 bits per heavy atom. The first-order chi connectivity index (χ1) is 8.08. The summed E-state index contributed by atoms with van der Waals surface area (Å²) >= 11 is 5.58. The van der Waals surface area contributed by atoms with Crippen LogP contribution in [0.5, 0.6) is 0 Å². The number of hydrogen-bond acceptors (Lipinski definition) is 4. The van der Waals surface area contributed by atoms with E-state index in [1.807, 2.05) is 0 Å². The average molecular weight is 273 g/mol. The van der Waals surface area contributed by atoms with E-state index in [0.717, 1.165) is 0 Å². The van der Waals surface area contributed by atoms with Crippen LogP contribution >= 0.6 is 11.6 Å². The number of aromatic nitrogens is 3. The van der Waals surface area contributed by atoms with E-state index in [9.17, 15) is 8.42 Å². The molecule has 0 atom stereocenters. The third-order valence-electron chi connectivity index (χ3n) is 2.00. The molecular formula is C9H9ClN4O2S. The van der Waals surface area contributed by atoms with E-state index >= 15 is 0 Å². The summed E-state index contributed by atoms with van der Waals surface area (Å²) in [7, 11) is -3.58. The molecule has 0 aliphatic heterocycles. The van der Waals surface area contributed by atoms with Gasteiger partial charge < -0.3 is 4.98 Å². The zero-order chi connectivity index (χ0) is 12.3. The number of hydrogen-bond donors (Lipinski definition) is 2. The Labute approximate surface area is 103 Å². The van der Waals surface area contributed by atoms with Crippen molar-refractivity contribution in [3.63, 3.8) is 0 Å². The summed E-state index contributed by atoms with van der Waals surface area (Å²) in [5.41, 5.74) is 0. The van der Waals surface area contributed by atoms with Gasteiger partial charge in [0.2, 0.25) is 10.0 Å². The highest BCUT2D eigenvalue weighted by Gasteiger charge is 2.14. The normalized spacial score (nSPS) is 11.6. The van der Waals surface area contributed by atoms with Gasteiger partial charge in [-0.15, -0.1) is 0 Å². The van der Waals surface area contributed by atoms with E-state index in [4.69, 9.17) is 11.6 Å². The first-order valence-electron chi connectivity index (χ1n) is 4.67. The van der Waals surface area contributed by atoms with Gasteiger partial charge in [-0.2, -0.15) is 0 Å². The number of rotatable bonds is 4. The van der Waals surface area contributed by atoms with Crippen molar-refractivity contribution in [3.05, 3.63) is 41.7 Å². The predicted molar refractivity (Wildman–Crippen MR) is 61.9 cm³/mol. The second-order valence-electron chi connectivity index (χ2n) is 3.18.